The Hall–Kier alpha value is -2.85. The zero-order valence-electron chi connectivity index (χ0n) is 13.8. The topological polar surface area (TPSA) is 82.0 Å². The minimum absolute atomic E-state index is 0.00814. The maximum Gasteiger partial charge on any atom is 0.232 e. The van der Waals surface area contributed by atoms with Gasteiger partial charge in [0.15, 0.2) is 0 Å². The molecule has 2 N–H and O–H groups in total. The quantitative estimate of drug-likeness (QED) is 0.619. The van der Waals surface area contributed by atoms with E-state index in [9.17, 15) is 14.0 Å². The number of benzene rings is 2. The van der Waals surface area contributed by atoms with Gasteiger partial charge in [-0.3, -0.25) is 9.59 Å². The number of nitrogens with zero attached hydrogens (tertiary/aromatic N) is 1. The van der Waals surface area contributed by atoms with Gasteiger partial charge in [0, 0.05) is 29.2 Å². The maximum atomic E-state index is 13.4. The van der Waals surface area contributed by atoms with Gasteiger partial charge in [-0.25, -0.2) is 4.39 Å². The standard InChI is InChI=1S/C19H16FN3O2S/c20-12-6-7-13-14(11-18(24)22-16(13)10-12)19(25)23-15-4-1-2-5-17(15)26-9-3-8-21/h1-2,4-7,10,14H,3,9,11H2,(H,22,24)(H,23,25)/t14-/m0/s1. The van der Waals surface area contributed by atoms with Crippen LogP contribution in [-0.2, 0) is 9.59 Å². The summed E-state index contributed by atoms with van der Waals surface area (Å²) in [6.07, 6.45) is 0.420. The number of para-hydroxylation sites is 1. The van der Waals surface area contributed by atoms with Gasteiger partial charge in [-0.15, -0.1) is 11.8 Å². The van der Waals surface area contributed by atoms with Crippen LogP contribution in [0.5, 0.6) is 0 Å². The first-order valence-corrected chi connectivity index (χ1v) is 9.06. The number of halogens is 1. The normalized spacial score (nSPS) is 15.5. The lowest BCUT2D eigenvalue weighted by molar-refractivity contribution is -0.123. The highest BCUT2D eigenvalue weighted by atomic mass is 32.2. The minimum Gasteiger partial charge on any atom is -0.326 e. The van der Waals surface area contributed by atoms with Crippen molar-refractivity contribution < 1.29 is 14.0 Å². The van der Waals surface area contributed by atoms with Crippen LogP contribution in [0.2, 0.25) is 0 Å². The van der Waals surface area contributed by atoms with Crippen molar-refractivity contribution in [2.45, 2.75) is 23.7 Å². The van der Waals surface area contributed by atoms with Gasteiger partial charge in [0.1, 0.15) is 5.82 Å². The van der Waals surface area contributed by atoms with Crippen molar-refractivity contribution in [3.8, 4) is 6.07 Å². The lowest BCUT2D eigenvalue weighted by Gasteiger charge is -2.25. The summed E-state index contributed by atoms with van der Waals surface area (Å²) in [5.41, 5.74) is 1.56. The van der Waals surface area contributed by atoms with E-state index in [0.717, 1.165) is 4.90 Å². The molecule has 26 heavy (non-hydrogen) atoms. The van der Waals surface area contributed by atoms with E-state index in [0.29, 0.717) is 29.1 Å². The lowest BCUT2D eigenvalue weighted by atomic mass is 9.89. The Morgan fingerprint density at radius 3 is 2.96 bits per heavy atom. The van der Waals surface area contributed by atoms with Gasteiger partial charge in [0.05, 0.1) is 17.7 Å². The van der Waals surface area contributed by atoms with Crippen molar-refractivity contribution in [3.63, 3.8) is 0 Å². The van der Waals surface area contributed by atoms with Crippen LogP contribution in [-0.4, -0.2) is 17.6 Å². The van der Waals surface area contributed by atoms with E-state index in [1.807, 2.05) is 12.1 Å². The average Bonchev–Trinajstić information content (AvgIpc) is 2.62. The predicted octanol–water partition coefficient (Wildman–Crippen LogP) is 3.90. The van der Waals surface area contributed by atoms with Crippen molar-refractivity contribution in [2.75, 3.05) is 16.4 Å². The molecule has 7 heteroatoms. The van der Waals surface area contributed by atoms with Gasteiger partial charge in [-0.2, -0.15) is 5.26 Å². The fourth-order valence-corrected chi connectivity index (χ4v) is 3.66. The fraction of sp³-hybridized carbons (Fsp3) is 0.211. The largest absolute Gasteiger partial charge is 0.326 e. The molecule has 0 aromatic heterocycles. The molecule has 1 atom stereocenters. The van der Waals surface area contributed by atoms with Crippen LogP contribution in [0.4, 0.5) is 15.8 Å². The van der Waals surface area contributed by atoms with Gasteiger partial charge >= 0.3 is 0 Å². The summed E-state index contributed by atoms with van der Waals surface area (Å²) in [5, 5.41) is 14.1. The van der Waals surface area contributed by atoms with Crippen LogP contribution >= 0.6 is 11.8 Å². The number of anilines is 2. The second-order valence-corrected chi connectivity index (χ2v) is 6.92. The van der Waals surface area contributed by atoms with E-state index in [4.69, 9.17) is 5.26 Å². The Bertz CT molecular complexity index is 895. The Balaban J connectivity index is 1.81. The molecule has 0 unspecified atom stereocenters. The van der Waals surface area contributed by atoms with Crippen molar-refractivity contribution in [1.82, 2.24) is 0 Å². The molecule has 3 rings (SSSR count). The SMILES string of the molecule is N#CCCSc1ccccc1NC(=O)[C@H]1CC(=O)Nc2cc(F)ccc21. The third-order valence-electron chi connectivity index (χ3n) is 3.99. The Morgan fingerprint density at radius 1 is 1.35 bits per heavy atom. The number of amides is 2. The molecule has 2 aromatic rings. The maximum absolute atomic E-state index is 13.4. The zero-order chi connectivity index (χ0) is 18.5. The molecule has 5 nitrogen and oxygen atoms in total. The van der Waals surface area contributed by atoms with Crippen molar-refractivity contribution in [3.05, 3.63) is 53.8 Å². The molecule has 0 saturated carbocycles. The monoisotopic (exact) mass is 369 g/mol. The molecule has 0 aliphatic carbocycles. The highest BCUT2D eigenvalue weighted by Crippen LogP contribution is 2.35. The molecule has 1 aliphatic rings. The first-order valence-electron chi connectivity index (χ1n) is 8.07. The second-order valence-electron chi connectivity index (χ2n) is 5.78. The average molecular weight is 369 g/mol. The summed E-state index contributed by atoms with van der Waals surface area (Å²) >= 11 is 1.48. The number of nitriles is 1. The van der Waals surface area contributed by atoms with Crippen LogP contribution in [0.25, 0.3) is 0 Å². The summed E-state index contributed by atoms with van der Waals surface area (Å²) in [6.45, 7) is 0. The molecule has 1 aliphatic heterocycles. The molecule has 2 amide bonds. The molecule has 0 fully saturated rings. The third-order valence-corrected chi connectivity index (χ3v) is 5.06. The van der Waals surface area contributed by atoms with Crippen LogP contribution in [0.3, 0.4) is 0 Å². The van der Waals surface area contributed by atoms with Gasteiger partial charge in [0.25, 0.3) is 0 Å². The zero-order valence-corrected chi connectivity index (χ0v) is 14.6. The second kappa shape index (κ2) is 8.02. The van der Waals surface area contributed by atoms with Gasteiger partial charge in [0.2, 0.25) is 11.8 Å². The van der Waals surface area contributed by atoms with E-state index in [-0.39, 0.29) is 18.2 Å². The molecular weight excluding hydrogens is 353 g/mol. The fourth-order valence-electron chi connectivity index (χ4n) is 2.79. The minimum atomic E-state index is -0.684. The first-order chi connectivity index (χ1) is 12.6. The van der Waals surface area contributed by atoms with E-state index in [1.165, 1.54) is 30.0 Å². The summed E-state index contributed by atoms with van der Waals surface area (Å²) < 4.78 is 13.4. The number of rotatable bonds is 5. The highest BCUT2D eigenvalue weighted by Gasteiger charge is 2.31. The van der Waals surface area contributed by atoms with Gasteiger partial charge < -0.3 is 10.6 Å². The highest BCUT2D eigenvalue weighted by molar-refractivity contribution is 7.99. The smallest absolute Gasteiger partial charge is 0.232 e. The van der Waals surface area contributed by atoms with Crippen LogP contribution < -0.4 is 10.6 Å². The number of carbonyl (C=O) groups is 2. The van der Waals surface area contributed by atoms with E-state index >= 15 is 0 Å². The molecule has 132 valence electrons. The molecule has 0 saturated heterocycles. The van der Waals surface area contributed by atoms with Gasteiger partial charge in [-0.05, 0) is 29.8 Å². The molecule has 0 radical (unpaired) electrons. The number of thioether (sulfide) groups is 1. The Kier molecular flexibility index (Phi) is 5.54. The van der Waals surface area contributed by atoms with E-state index < -0.39 is 11.7 Å². The Morgan fingerprint density at radius 2 is 2.15 bits per heavy atom. The van der Waals surface area contributed by atoms with E-state index in [2.05, 4.69) is 16.7 Å². The van der Waals surface area contributed by atoms with Crippen LogP contribution in [0, 0.1) is 17.1 Å². The number of hydrogen-bond donors (Lipinski definition) is 2. The number of nitrogens with one attached hydrogen (secondary N) is 2. The van der Waals surface area contributed by atoms with Crippen molar-refractivity contribution >= 4 is 35.0 Å². The summed E-state index contributed by atoms with van der Waals surface area (Å²) in [4.78, 5) is 25.6. The lowest BCUT2D eigenvalue weighted by Crippen LogP contribution is -2.31. The number of fused-ring (bicyclic) bond motifs is 1. The van der Waals surface area contributed by atoms with Crippen LogP contribution in [0.1, 0.15) is 24.3 Å². The molecule has 0 spiro atoms. The molecule has 1 heterocycles. The third kappa shape index (κ3) is 4.03. The summed E-state index contributed by atoms with van der Waals surface area (Å²) in [5.74, 6) is -1.17. The first kappa shape index (κ1) is 18.0. The van der Waals surface area contributed by atoms with Crippen molar-refractivity contribution in [1.29, 1.82) is 5.26 Å². The van der Waals surface area contributed by atoms with Crippen LogP contribution in [0.15, 0.2) is 47.4 Å². The molecular formula is C19H16FN3O2S. The molecule has 2 aromatic carbocycles. The summed E-state index contributed by atoms with van der Waals surface area (Å²) in [6, 6.07) is 13.4. The number of carbonyl (C=O) groups excluding carboxylic acids is 2. The van der Waals surface area contributed by atoms with Crippen molar-refractivity contribution in [2.24, 2.45) is 0 Å². The predicted molar refractivity (Wildman–Crippen MR) is 98.4 cm³/mol. The number of hydrogen-bond acceptors (Lipinski definition) is 4. The summed E-state index contributed by atoms with van der Waals surface area (Å²) in [7, 11) is 0. The Labute approximate surface area is 154 Å². The molecule has 0 bridgehead atoms. The van der Waals surface area contributed by atoms with E-state index in [1.54, 1.807) is 12.1 Å². The van der Waals surface area contributed by atoms with Gasteiger partial charge in [-0.1, -0.05) is 18.2 Å².